The van der Waals surface area contributed by atoms with Crippen LogP contribution in [0.15, 0.2) is 99.9 Å². The monoisotopic (exact) mass is 547 g/mol. The summed E-state index contributed by atoms with van der Waals surface area (Å²) >= 11 is 7.49. The summed E-state index contributed by atoms with van der Waals surface area (Å²) in [5.41, 5.74) is 3.93. The lowest BCUT2D eigenvalue weighted by Gasteiger charge is -2.20. The highest BCUT2D eigenvalue weighted by Crippen LogP contribution is 2.48. The molecule has 0 aliphatic rings. The highest BCUT2D eigenvalue weighted by molar-refractivity contribution is 9.11. The van der Waals surface area contributed by atoms with E-state index in [1.165, 1.54) is 0 Å². The van der Waals surface area contributed by atoms with Crippen LogP contribution in [0.2, 0.25) is 0 Å². The molecule has 0 aliphatic heterocycles. The van der Waals surface area contributed by atoms with E-state index in [4.69, 9.17) is 9.47 Å². The Kier molecular flexibility index (Phi) is 7.26. The zero-order chi connectivity index (χ0) is 22.3. The fourth-order valence-corrected chi connectivity index (χ4v) is 5.00. The standard InChI is InChI=1S/C27H19Br2NO2/c28-24-22(16-19-10-4-1-5-11-19)26(31-18-30)23(17-20-12-6-2-7-13-20)25(29)27(24)32-21-14-8-3-9-15-21/h1-15H,16-17H2. The van der Waals surface area contributed by atoms with Gasteiger partial charge >= 0.3 is 0 Å². The Balaban J connectivity index is 1.90. The molecule has 0 unspecified atom stereocenters. The van der Waals surface area contributed by atoms with Gasteiger partial charge in [0.05, 0.1) is 8.95 Å². The molecule has 0 saturated carbocycles. The molecule has 0 atom stereocenters. The molecule has 4 aromatic carbocycles. The van der Waals surface area contributed by atoms with Gasteiger partial charge in [0.25, 0.3) is 6.26 Å². The van der Waals surface area contributed by atoms with E-state index < -0.39 is 0 Å². The summed E-state index contributed by atoms with van der Waals surface area (Å²) in [5, 5.41) is 9.45. The van der Waals surface area contributed by atoms with Crippen molar-refractivity contribution >= 4 is 31.9 Å². The van der Waals surface area contributed by atoms with E-state index in [0.29, 0.717) is 24.3 Å². The number of rotatable bonds is 7. The van der Waals surface area contributed by atoms with Gasteiger partial charge < -0.3 is 9.47 Å². The molecule has 5 heteroatoms. The third-order valence-electron chi connectivity index (χ3n) is 5.04. The highest BCUT2D eigenvalue weighted by atomic mass is 79.9. The van der Waals surface area contributed by atoms with E-state index in [1.54, 1.807) is 0 Å². The Morgan fingerprint density at radius 2 is 1.06 bits per heavy atom. The molecular weight excluding hydrogens is 530 g/mol. The fraction of sp³-hybridized carbons (Fsp3) is 0.0741. The number of hydrogen-bond donors (Lipinski definition) is 0. The number of benzene rings is 4. The molecule has 0 heterocycles. The van der Waals surface area contributed by atoms with E-state index in [-0.39, 0.29) is 0 Å². The molecule has 4 aromatic rings. The molecule has 0 fully saturated rings. The summed E-state index contributed by atoms with van der Waals surface area (Å²) < 4.78 is 13.4. The van der Waals surface area contributed by atoms with Crippen molar-refractivity contribution in [3.63, 3.8) is 0 Å². The average Bonchev–Trinajstić information content (AvgIpc) is 2.84. The summed E-state index contributed by atoms with van der Waals surface area (Å²) in [5.74, 6) is 1.91. The summed E-state index contributed by atoms with van der Waals surface area (Å²) in [7, 11) is 0. The number of hydrogen-bond acceptors (Lipinski definition) is 3. The van der Waals surface area contributed by atoms with Crippen molar-refractivity contribution in [2.45, 2.75) is 12.8 Å². The minimum absolute atomic E-state index is 0.541. The average molecular weight is 549 g/mol. The molecule has 0 N–H and O–H groups in total. The molecule has 0 aliphatic carbocycles. The number of nitrogens with zero attached hydrogens (tertiary/aromatic N) is 1. The fourth-order valence-electron chi connectivity index (χ4n) is 3.53. The predicted octanol–water partition coefficient (Wildman–Crippen LogP) is 8.05. The molecule has 3 nitrogen and oxygen atoms in total. The maximum Gasteiger partial charge on any atom is 0.292 e. The van der Waals surface area contributed by atoms with Gasteiger partial charge in [-0.2, -0.15) is 0 Å². The molecule has 32 heavy (non-hydrogen) atoms. The second-order valence-corrected chi connectivity index (χ2v) is 8.76. The number of ether oxygens (including phenoxy) is 2. The van der Waals surface area contributed by atoms with E-state index >= 15 is 0 Å². The van der Waals surface area contributed by atoms with Crippen molar-refractivity contribution < 1.29 is 9.47 Å². The molecule has 0 spiro atoms. The van der Waals surface area contributed by atoms with E-state index in [0.717, 1.165) is 36.9 Å². The highest BCUT2D eigenvalue weighted by Gasteiger charge is 2.25. The number of para-hydroxylation sites is 1. The third-order valence-corrected chi connectivity index (χ3v) is 6.71. The number of halogens is 2. The van der Waals surface area contributed by atoms with Crippen molar-refractivity contribution in [1.82, 2.24) is 0 Å². The lowest BCUT2D eigenvalue weighted by atomic mass is 9.97. The molecule has 0 aromatic heterocycles. The smallest absolute Gasteiger partial charge is 0.292 e. The lowest BCUT2D eigenvalue weighted by molar-refractivity contribution is 0.464. The van der Waals surface area contributed by atoms with Crippen LogP contribution in [0.3, 0.4) is 0 Å². The van der Waals surface area contributed by atoms with Crippen LogP contribution in [-0.2, 0) is 12.8 Å². The van der Waals surface area contributed by atoms with E-state index in [9.17, 15) is 5.26 Å². The van der Waals surface area contributed by atoms with Crippen molar-refractivity contribution in [3.8, 4) is 23.5 Å². The van der Waals surface area contributed by atoms with Gasteiger partial charge in [0.2, 0.25) is 0 Å². The van der Waals surface area contributed by atoms with Crippen LogP contribution in [0.25, 0.3) is 0 Å². The Morgan fingerprint density at radius 1 is 0.625 bits per heavy atom. The summed E-state index contributed by atoms with van der Waals surface area (Å²) in [6.45, 7) is 0. The quantitative estimate of drug-likeness (QED) is 0.219. The first kappa shape index (κ1) is 22.1. The number of nitriles is 1. The topological polar surface area (TPSA) is 42.2 Å². The minimum Gasteiger partial charge on any atom is -0.455 e. The van der Waals surface area contributed by atoms with Crippen LogP contribution in [0.4, 0.5) is 0 Å². The van der Waals surface area contributed by atoms with Gasteiger partial charge in [-0.15, -0.1) is 5.26 Å². The second-order valence-electron chi connectivity index (χ2n) is 7.18. The van der Waals surface area contributed by atoms with E-state index in [2.05, 4.69) is 56.1 Å². The molecule has 0 saturated heterocycles. The van der Waals surface area contributed by atoms with E-state index in [1.807, 2.05) is 73.0 Å². The first-order chi connectivity index (χ1) is 15.7. The lowest BCUT2D eigenvalue weighted by Crippen LogP contribution is -2.04. The molecule has 0 amide bonds. The minimum atomic E-state index is 0.541. The zero-order valence-corrected chi connectivity index (χ0v) is 20.3. The maximum absolute atomic E-state index is 9.45. The third kappa shape index (κ3) is 5.04. The van der Waals surface area contributed by atoms with Crippen LogP contribution in [0, 0.1) is 11.5 Å². The van der Waals surface area contributed by atoms with Crippen LogP contribution < -0.4 is 9.47 Å². The summed E-state index contributed by atoms with van der Waals surface area (Å²) in [6, 6.07) is 29.8. The van der Waals surface area contributed by atoms with Crippen molar-refractivity contribution in [1.29, 1.82) is 5.26 Å². The largest absolute Gasteiger partial charge is 0.455 e. The zero-order valence-electron chi connectivity index (χ0n) is 17.1. The molecule has 4 rings (SSSR count). The van der Waals surface area contributed by atoms with Crippen LogP contribution in [0.1, 0.15) is 22.3 Å². The van der Waals surface area contributed by atoms with Gasteiger partial charge in [0, 0.05) is 24.0 Å². The summed E-state index contributed by atoms with van der Waals surface area (Å²) in [4.78, 5) is 0. The van der Waals surface area contributed by atoms with Crippen molar-refractivity contribution in [2.24, 2.45) is 0 Å². The van der Waals surface area contributed by atoms with Crippen LogP contribution >= 0.6 is 31.9 Å². The molecule has 158 valence electrons. The molecule has 0 bridgehead atoms. The first-order valence-electron chi connectivity index (χ1n) is 10.1. The van der Waals surface area contributed by atoms with Gasteiger partial charge in [0.1, 0.15) is 5.75 Å². The molecular formula is C27H19Br2NO2. The van der Waals surface area contributed by atoms with Gasteiger partial charge in [-0.05, 0) is 55.1 Å². The second kappa shape index (κ2) is 10.5. The Morgan fingerprint density at radius 3 is 1.50 bits per heavy atom. The van der Waals surface area contributed by atoms with Gasteiger partial charge in [-0.25, -0.2) is 0 Å². The summed E-state index contributed by atoms with van der Waals surface area (Å²) in [6.07, 6.45) is 3.04. The first-order valence-corrected chi connectivity index (χ1v) is 11.7. The normalized spacial score (nSPS) is 10.4. The Labute approximate surface area is 204 Å². The SMILES string of the molecule is N#COc1c(Cc2ccccc2)c(Br)c(Oc2ccccc2)c(Br)c1Cc1ccccc1. The molecule has 0 radical (unpaired) electrons. The van der Waals surface area contributed by atoms with Crippen LogP contribution in [-0.4, -0.2) is 0 Å². The van der Waals surface area contributed by atoms with Gasteiger partial charge in [0.15, 0.2) is 11.5 Å². The Bertz CT molecular complexity index is 1170. The maximum atomic E-state index is 9.45. The van der Waals surface area contributed by atoms with Crippen molar-refractivity contribution in [3.05, 3.63) is 122 Å². The van der Waals surface area contributed by atoms with Gasteiger partial charge in [-0.3, -0.25) is 0 Å². The van der Waals surface area contributed by atoms with Crippen molar-refractivity contribution in [2.75, 3.05) is 0 Å². The predicted molar refractivity (Wildman–Crippen MR) is 133 cm³/mol. The van der Waals surface area contributed by atoms with Crippen LogP contribution in [0.5, 0.6) is 17.2 Å². The van der Waals surface area contributed by atoms with Gasteiger partial charge in [-0.1, -0.05) is 78.9 Å². The Hall–Kier alpha value is -3.07.